The molecule has 2 nitrogen and oxygen atoms in total. The zero-order chi connectivity index (χ0) is 12.5. The van der Waals surface area contributed by atoms with Crippen LogP contribution in [0, 0.1) is 6.92 Å². The highest BCUT2D eigenvalue weighted by atomic mass is 16.1. The SMILES string of the molecule is Cc1cccc(-c2[nH]c(=O)cc3ccccc23)c1. The van der Waals surface area contributed by atoms with Crippen LogP contribution >= 0.6 is 0 Å². The van der Waals surface area contributed by atoms with Crippen LogP contribution in [-0.2, 0) is 0 Å². The molecule has 2 heteroatoms. The van der Waals surface area contributed by atoms with Gasteiger partial charge in [-0.15, -0.1) is 0 Å². The molecule has 0 spiro atoms. The third-order valence-electron chi connectivity index (χ3n) is 3.07. The quantitative estimate of drug-likeness (QED) is 0.688. The summed E-state index contributed by atoms with van der Waals surface area (Å²) in [4.78, 5) is 14.6. The van der Waals surface area contributed by atoms with Gasteiger partial charge in [-0.1, -0.05) is 48.0 Å². The van der Waals surface area contributed by atoms with Crippen molar-refractivity contribution in [1.82, 2.24) is 4.98 Å². The minimum atomic E-state index is -0.0646. The summed E-state index contributed by atoms with van der Waals surface area (Å²) in [5.74, 6) is 0. The van der Waals surface area contributed by atoms with Crippen molar-refractivity contribution in [1.29, 1.82) is 0 Å². The normalized spacial score (nSPS) is 10.7. The minimum absolute atomic E-state index is 0.0646. The van der Waals surface area contributed by atoms with E-state index in [1.54, 1.807) is 6.07 Å². The first kappa shape index (κ1) is 10.8. The molecule has 0 radical (unpaired) electrons. The van der Waals surface area contributed by atoms with Gasteiger partial charge in [0.25, 0.3) is 0 Å². The van der Waals surface area contributed by atoms with E-state index in [4.69, 9.17) is 0 Å². The van der Waals surface area contributed by atoms with Gasteiger partial charge in [-0.05, 0) is 23.9 Å². The van der Waals surface area contributed by atoms with Crippen LogP contribution in [0.3, 0.4) is 0 Å². The average Bonchev–Trinajstić information content (AvgIpc) is 2.37. The number of hydrogen-bond acceptors (Lipinski definition) is 1. The molecule has 1 aromatic heterocycles. The lowest BCUT2D eigenvalue weighted by atomic mass is 10.0. The van der Waals surface area contributed by atoms with E-state index >= 15 is 0 Å². The molecule has 0 aliphatic rings. The highest BCUT2D eigenvalue weighted by Gasteiger charge is 2.05. The molecule has 0 aliphatic carbocycles. The molecule has 0 unspecified atom stereocenters. The zero-order valence-corrected chi connectivity index (χ0v) is 10.1. The number of H-pyrrole nitrogens is 1. The van der Waals surface area contributed by atoms with Crippen molar-refractivity contribution in [3.63, 3.8) is 0 Å². The third-order valence-corrected chi connectivity index (χ3v) is 3.07. The Bertz CT molecular complexity index is 771. The molecule has 1 N–H and O–H groups in total. The fraction of sp³-hybridized carbons (Fsp3) is 0.0625. The molecule has 0 saturated heterocycles. The van der Waals surface area contributed by atoms with E-state index in [0.717, 1.165) is 22.0 Å². The van der Waals surface area contributed by atoms with Crippen LogP contribution in [0.4, 0.5) is 0 Å². The van der Waals surface area contributed by atoms with Crippen molar-refractivity contribution in [2.24, 2.45) is 0 Å². The maximum Gasteiger partial charge on any atom is 0.249 e. The molecule has 0 aliphatic heterocycles. The second kappa shape index (κ2) is 4.15. The fourth-order valence-electron chi connectivity index (χ4n) is 2.25. The number of aryl methyl sites for hydroxylation is 1. The molecule has 88 valence electrons. The van der Waals surface area contributed by atoms with Crippen LogP contribution in [0.2, 0.25) is 0 Å². The Labute approximate surface area is 105 Å². The van der Waals surface area contributed by atoms with E-state index < -0.39 is 0 Å². The molecule has 0 atom stereocenters. The number of aromatic amines is 1. The molecule has 18 heavy (non-hydrogen) atoms. The molecule has 2 aromatic carbocycles. The summed E-state index contributed by atoms with van der Waals surface area (Å²) in [5.41, 5.74) is 3.05. The van der Waals surface area contributed by atoms with E-state index in [9.17, 15) is 4.79 Å². The van der Waals surface area contributed by atoms with E-state index in [1.165, 1.54) is 5.56 Å². The highest BCUT2D eigenvalue weighted by molar-refractivity contribution is 5.94. The lowest BCUT2D eigenvalue weighted by Crippen LogP contribution is -2.05. The van der Waals surface area contributed by atoms with Gasteiger partial charge in [0, 0.05) is 11.5 Å². The summed E-state index contributed by atoms with van der Waals surface area (Å²) in [6.07, 6.45) is 0. The standard InChI is InChI=1S/C16H13NO/c1-11-5-4-7-13(9-11)16-14-8-3-2-6-12(14)10-15(18)17-16/h2-10H,1H3,(H,17,18). The Kier molecular flexibility index (Phi) is 2.49. The molecular weight excluding hydrogens is 222 g/mol. The van der Waals surface area contributed by atoms with Gasteiger partial charge in [0.15, 0.2) is 0 Å². The number of nitrogens with one attached hydrogen (secondary N) is 1. The largest absolute Gasteiger partial charge is 0.321 e. The van der Waals surface area contributed by atoms with Crippen LogP contribution in [0.5, 0.6) is 0 Å². The van der Waals surface area contributed by atoms with Gasteiger partial charge in [-0.3, -0.25) is 4.79 Å². The average molecular weight is 235 g/mol. The Hall–Kier alpha value is -2.35. The number of hydrogen-bond donors (Lipinski definition) is 1. The van der Waals surface area contributed by atoms with Crippen molar-refractivity contribution < 1.29 is 0 Å². The molecule has 0 fully saturated rings. The number of fused-ring (bicyclic) bond motifs is 1. The summed E-state index contributed by atoms with van der Waals surface area (Å²) in [6, 6.07) is 17.7. The molecule has 1 heterocycles. The van der Waals surface area contributed by atoms with Gasteiger partial charge >= 0.3 is 0 Å². The molecular formula is C16H13NO. The summed E-state index contributed by atoms with van der Waals surface area (Å²) in [7, 11) is 0. The number of aromatic nitrogens is 1. The first-order valence-corrected chi connectivity index (χ1v) is 5.93. The molecule has 0 amide bonds. The third kappa shape index (κ3) is 1.82. The lowest BCUT2D eigenvalue weighted by Gasteiger charge is -2.07. The highest BCUT2D eigenvalue weighted by Crippen LogP contribution is 2.25. The maximum absolute atomic E-state index is 11.7. The Morgan fingerprint density at radius 3 is 2.61 bits per heavy atom. The molecule has 3 aromatic rings. The van der Waals surface area contributed by atoms with E-state index in [-0.39, 0.29) is 5.56 Å². The summed E-state index contributed by atoms with van der Waals surface area (Å²) in [6.45, 7) is 2.05. The van der Waals surface area contributed by atoms with Gasteiger partial charge in [-0.25, -0.2) is 0 Å². The number of benzene rings is 2. The first-order valence-electron chi connectivity index (χ1n) is 5.93. The minimum Gasteiger partial charge on any atom is -0.321 e. The van der Waals surface area contributed by atoms with Gasteiger partial charge in [0.1, 0.15) is 0 Å². The Morgan fingerprint density at radius 2 is 1.78 bits per heavy atom. The number of rotatable bonds is 1. The Balaban J connectivity index is 2.38. The second-order valence-corrected chi connectivity index (χ2v) is 4.47. The predicted molar refractivity (Wildman–Crippen MR) is 74.7 cm³/mol. The van der Waals surface area contributed by atoms with E-state index in [0.29, 0.717) is 0 Å². The van der Waals surface area contributed by atoms with E-state index in [1.807, 2.05) is 49.4 Å². The van der Waals surface area contributed by atoms with Crippen LogP contribution in [0.1, 0.15) is 5.56 Å². The molecule has 0 saturated carbocycles. The van der Waals surface area contributed by atoms with Crippen LogP contribution < -0.4 is 5.56 Å². The monoisotopic (exact) mass is 235 g/mol. The van der Waals surface area contributed by atoms with Gasteiger partial charge in [0.2, 0.25) is 5.56 Å². The zero-order valence-electron chi connectivity index (χ0n) is 10.1. The smallest absolute Gasteiger partial charge is 0.249 e. The summed E-state index contributed by atoms with van der Waals surface area (Å²) >= 11 is 0. The number of pyridine rings is 1. The summed E-state index contributed by atoms with van der Waals surface area (Å²) < 4.78 is 0. The van der Waals surface area contributed by atoms with E-state index in [2.05, 4.69) is 11.1 Å². The van der Waals surface area contributed by atoms with Crippen molar-refractivity contribution in [3.8, 4) is 11.3 Å². The van der Waals surface area contributed by atoms with Crippen molar-refractivity contribution in [3.05, 3.63) is 70.5 Å². The van der Waals surface area contributed by atoms with Crippen LogP contribution in [-0.4, -0.2) is 4.98 Å². The predicted octanol–water partition coefficient (Wildman–Crippen LogP) is 3.50. The topological polar surface area (TPSA) is 32.9 Å². The molecule has 0 bridgehead atoms. The van der Waals surface area contributed by atoms with Crippen molar-refractivity contribution in [2.45, 2.75) is 6.92 Å². The van der Waals surface area contributed by atoms with Gasteiger partial charge in [-0.2, -0.15) is 0 Å². The Morgan fingerprint density at radius 1 is 0.944 bits per heavy atom. The fourth-order valence-corrected chi connectivity index (χ4v) is 2.25. The van der Waals surface area contributed by atoms with Crippen LogP contribution in [0.25, 0.3) is 22.0 Å². The van der Waals surface area contributed by atoms with Gasteiger partial charge in [0.05, 0.1) is 5.69 Å². The second-order valence-electron chi connectivity index (χ2n) is 4.47. The molecule has 3 rings (SSSR count). The first-order chi connectivity index (χ1) is 8.74. The van der Waals surface area contributed by atoms with Crippen LogP contribution in [0.15, 0.2) is 59.4 Å². The summed E-state index contributed by atoms with van der Waals surface area (Å²) in [5, 5.41) is 2.04. The van der Waals surface area contributed by atoms with Crippen molar-refractivity contribution in [2.75, 3.05) is 0 Å². The lowest BCUT2D eigenvalue weighted by molar-refractivity contribution is 1.26. The van der Waals surface area contributed by atoms with Crippen molar-refractivity contribution >= 4 is 10.8 Å². The maximum atomic E-state index is 11.7. The van der Waals surface area contributed by atoms with Gasteiger partial charge < -0.3 is 4.98 Å².